The number of nitrogens with two attached hydrogens (primary N) is 1. The maximum atomic E-state index is 13.7. The molecule has 4 rings (SSSR count). The number of aromatic nitrogens is 3. The highest BCUT2D eigenvalue weighted by Crippen LogP contribution is 2.26. The lowest BCUT2D eigenvalue weighted by molar-refractivity contribution is -0.142. The fraction of sp³-hybridized carbons (Fsp3) is 0.353. The van der Waals surface area contributed by atoms with Crippen LogP contribution < -0.4 is 15.4 Å². The number of hydrogen-bond acceptors (Lipinski definition) is 8. The third-order valence-corrected chi connectivity index (χ3v) is 7.19. The quantitative estimate of drug-likeness (QED) is 0.0798. The third-order valence-electron chi connectivity index (χ3n) is 7.19. The number of rotatable bonds is 14. The minimum Gasteiger partial charge on any atom is -0.483 e. The maximum Gasteiger partial charge on any atom is 0.435 e. The molecule has 242 valence electrons. The number of carbonyl (C=O) groups is 3. The number of amidine groups is 1. The summed E-state index contributed by atoms with van der Waals surface area (Å²) in [5.74, 6) is 1.01. The molecule has 2 amide bonds. The molecule has 0 aliphatic heterocycles. The molecule has 0 bridgehead atoms. The van der Waals surface area contributed by atoms with Crippen molar-refractivity contribution >= 4 is 40.7 Å². The van der Waals surface area contributed by atoms with Crippen LogP contribution in [0.5, 0.6) is 5.75 Å². The molecule has 2 aromatic carbocycles. The average molecular weight is 629 g/mol. The molecule has 0 saturated carbocycles. The van der Waals surface area contributed by atoms with E-state index in [1.807, 2.05) is 24.6 Å². The number of fused-ring (bicyclic) bond motifs is 1. The van der Waals surface area contributed by atoms with Crippen LogP contribution >= 0.6 is 0 Å². The number of nitrogens with zero attached hydrogens (tertiary/aromatic N) is 5. The van der Waals surface area contributed by atoms with Crippen LogP contribution in [0.25, 0.3) is 11.0 Å². The van der Waals surface area contributed by atoms with E-state index < -0.39 is 12.2 Å². The van der Waals surface area contributed by atoms with Crippen molar-refractivity contribution in [3.63, 3.8) is 0 Å². The molecule has 0 aliphatic rings. The van der Waals surface area contributed by atoms with Gasteiger partial charge in [0.1, 0.15) is 17.4 Å². The first-order valence-corrected chi connectivity index (χ1v) is 15.3. The van der Waals surface area contributed by atoms with E-state index in [4.69, 9.17) is 24.9 Å². The summed E-state index contributed by atoms with van der Waals surface area (Å²) in [4.78, 5) is 52.0. The first kappa shape index (κ1) is 33.6. The number of hydrogen-bond donors (Lipinski definition) is 1. The standard InChI is InChI=1S/C34H40N6O6/c1-5-7-10-21-45-34(43)38-31(35)24-12-15-26(16-13-24)46-23(3)32-37-27-22-25(14-17-28(27)39(32)4)33(42)40(20-18-30(41)44-6-2)29-11-8-9-19-36-29/h8-9,11-17,19,22-23H,5-7,10,18,20-21H2,1-4H3,(H2,35,38,43). The van der Waals surface area contributed by atoms with Crippen LogP contribution in [0.3, 0.4) is 0 Å². The van der Waals surface area contributed by atoms with E-state index in [-0.39, 0.29) is 37.3 Å². The van der Waals surface area contributed by atoms with Gasteiger partial charge in [0, 0.05) is 30.9 Å². The van der Waals surface area contributed by atoms with Crippen molar-refractivity contribution in [1.82, 2.24) is 14.5 Å². The SMILES string of the molecule is CCCCCOC(=O)/N=C(/N)c1ccc(OC(C)c2nc3cc(C(=O)N(CCC(=O)OCC)c4ccccn4)ccc3n2C)cc1. The number of carbonyl (C=O) groups excluding carboxylic acids is 3. The van der Waals surface area contributed by atoms with Crippen molar-refractivity contribution < 1.29 is 28.6 Å². The summed E-state index contributed by atoms with van der Waals surface area (Å²) >= 11 is 0. The molecule has 0 aliphatic carbocycles. The molecule has 1 unspecified atom stereocenters. The van der Waals surface area contributed by atoms with E-state index in [9.17, 15) is 14.4 Å². The van der Waals surface area contributed by atoms with Gasteiger partial charge in [0.25, 0.3) is 5.91 Å². The number of amides is 2. The average Bonchev–Trinajstić information content (AvgIpc) is 3.39. The number of unbranched alkanes of at least 4 members (excludes halogenated alkanes) is 2. The van der Waals surface area contributed by atoms with Crippen molar-refractivity contribution in [2.45, 2.75) is 52.6 Å². The van der Waals surface area contributed by atoms with Gasteiger partial charge in [-0.2, -0.15) is 4.99 Å². The zero-order chi connectivity index (χ0) is 33.1. The van der Waals surface area contributed by atoms with Gasteiger partial charge in [0.15, 0.2) is 11.9 Å². The number of esters is 1. The summed E-state index contributed by atoms with van der Waals surface area (Å²) in [7, 11) is 1.88. The predicted molar refractivity (Wildman–Crippen MR) is 175 cm³/mol. The second-order valence-corrected chi connectivity index (χ2v) is 10.5. The van der Waals surface area contributed by atoms with Gasteiger partial charge in [-0.3, -0.25) is 14.5 Å². The normalized spacial score (nSPS) is 12.0. The van der Waals surface area contributed by atoms with Crippen molar-refractivity contribution in [3.05, 3.63) is 83.8 Å². The summed E-state index contributed by atoms with van der Waals surface area (Å²) in [5, 5.41) is 0. The van der Waals surface area contributed by atoms with Gasteiger partial charge in [-0.05, 0) is 74.9 Å². The number of aryl methyl sites for hydroxylation is 1. The van der Waals surface area contributed by atoms with Crippen LogP contribution in [-0.4, -0.2) is 58.1 Å². The van der Waals surface area contributed by atoms with E-state index in [1.165, 1.54) is 4.90 Å². The molecule has 2 N–H and O–H groups in total. The van der Waals surface area contributed by atoms with Crippen LogP contribution in [0.15, 0.2) is 71.9 Å². The van der Waals surface area contributed by atoms with Crippen LogP contribution in [0.2, 0.25) is 0 Å². The highest BCUT2D eigenvalue weighted by atomic mass is 16.5. The molecule has 2 heterocycles. The van der Waals surface area contributed by atoms with Crippen LogP contribution in [-0.2, 0) is 21.3 Å². The molecule has 0 saturated heterocycles. The van der Waals surface area contributed by atoms with E-state index >= 15 is 0 Å². The van der Waals surface area contributed by atoms with Crippen LogP contribution in [0.1, 0.15) is 74.3 Å². The van der Waals surface area contributed by atoms with Crippen molar-refractivity contribution in [3.8, 4) is 5.75 Å². The highest BCUT2D eigenvalue weighted by Gasteiger charge is 2.23. The summed E-state index contributed by atoms with van der Waals surface area (Å²) in [6.07, 6.45) is 3.27. The lowest BCUT2D eigenvalue weighted by atomic mass is 10.1. The van der Waals surface area contributed by atoms with E-state index in [1.54, 1.807) is 67.7 Å². The molecule has 1 atom stereocenters. The topological polar surface area (TPSA) is 151 Å². The zero-order valence-electron chi connectivity index (χ0n) is 26.6. The number of benzene rings is 2. The Bertz CT molecular complexity index is 1670. The summed E-state index contributed by atoms with van der Waals surface area (Å²) < 4.78 is 18.2. The molecular formula is C34H40N6O6. The maximum absolute atomic E-state index is 13.7. The number of anilines is 1. The molecule has 0 spiro atoms. The number of pyridine rings is 1. The first-order chi connectivity index (χ1) is 22.2. The zero-order valence-corrected chi connectivity index (χ0v) is 26.6. The first-order valence-electron chi connectivity index (χ1n) is 15.3. The van der Waals surface area contributed by atoms with Gasteiger partial charge in [-0.15, -0.1) is 0 Å². The Morgan fingerprint density at radius 3 is 2.46 bits per heavy atom. The third kappa shape index (κ3) is 8.68. The smallest absolute Gasteiger partial charge is 0.435 e. The Balaban J connectivity index is 1.47. The minimum atomic E-state index is -0.713. The second-order valence-electron chi connectivity index (χ2n) is 10.5. The van der Waals surface area contributed by atoms with Gasteiger partial charge in [-0.1, -0.05) is 25.8 Å². The largest absolute Gasteiger partial charge is 0.483 e. The fourth-order valence-electron chi connectivity index (χ4n) is 4.81. The summed E-state index contributed by atoms with van der Waals surface area (Å²) in [6, 6.07) is 17.5. The minimum absolute atomic E-state index is 0.0347. The van der Waals surface area contributed by atoms with Gasteiger partial charge in [0.05, 0.1) is 30.7 Å². The van der Waals surface area contributed by atoms with E-state index in [0.29, 0.717) is 40.6 Å². The molecule has 0 fully saturated rings. The van der Waals surface area contributed by atoms with Gasteiger partial charge in [-0.25, -0.2) is 14.8 Å². The van der Waals surface area contributed by atoms with Gasteiger partial charge >= 0.3 is 12.1 Å². The Morgan fingerprint density at radius 2 is 1.76 bits per heavy atom. The van der Waals surface area contributed by atoms with Crippen molar-refractivity contribution in [2.75, 3.05) is 24.7 Å². The lowest BCUT2D eigenvalue weighted by Gasteiger charge is -2.21. The Hall–Kier alpha value is -5.26. The number of ether oxygens (including phenoxy) is 3. The monoisotopic (exact) mass is 628 g/mol. The molecule has 2 aromatic heterocycles. The fourth-order valence-corrected chi connectivity index (χ4v) is 4.81. The Labute approximate surface area is 268 Å². The number of aliphatic imine (C=N–C) groups is 1. The van der Waals surface area contributed by atoms with Crippen molar-refractivity contribution in [1.29, 1.82) is 0 Å². The molecule has 12 nitrogen and oxygen atoms in total. The molecule has 46 heavy (non-hydrogen) atoms. The van der Waals surface area contributed by atoms with Gasteiger partial charge < -0.3 is 24.5 Å². The lowest BCUT2D eigenvalue weighted by Crippen LogP contribution is -2.34. The molecule has 0 radical (unpaired) electrons. The van der Waals surface area contributed by atoms with Crippen LogP contribution in [0, 0.1) is 0 Å². The van der Waals surface area contributed by atoms with Crippen LogP contribution in [0.4, 0.5) is 10.6 Å². The Kier molecular flexibility index (Phi) is 11.8. The predicted octanol–water partition coefficient (Wildman–Crippen LogP) is 5.74. The molecule has 4 aromatic rings. The molecular weight excluding hydrogens is 588 g/mol. The van der Waals surface area contributed by atoms with Crippen molar-refractivity contribution in [2.24, 2.45) is 17.8 Å². The van der Waals surface area contributed by atoms with Gasteiger partial charge in [0.2, 0.25) is 0 Å². The summed E-state index contributed by atoms with van der Waals surface area (Å²) in [6.45, 7) is 6.39. The molecule has 12 heteroatoms. The van der Waals surface area contributed by atoms with E-state index in [2.05, 4.69) is 16.9 Å². The second kappa shape index (κ2) is 16.2. The Morgan fingerprint density at radius 1 is 1.00 bits per heavy atom. The summed E-state index contributed by atoms with van der Waals surface area (Å²) in [5.41, 5.74) is 8.40. The highest BCUT2D eigenvalue weighted by molar-refractivity contribution is 6.07. The number of imidazole rings is 1. The van der Waals surface area contributed by atoms with E-state index in [0.717, 1.165) is 24.8 Å².